The number of nitrogens with zero attached hydrogens (tertiary/aromatic N) is 1. The molecule has 0 aliphatic heterocycles. The fraction of sp³-hybridized carbons (Fsp3) is 0.222. The highest BCUT2D eigenvalue weighted by atomic mass is 19.3. The van der Waals surface area contributed by atoms with Crippen molar-refractivity contribution in [3.63, 3.8) is 0 Å². The van der Waals surface area contributed by atoms with E-state index < -0.39 is 12.3 Å². The van der Waals surface area contributed by atoms with Gasteiger partial charge in [0.1, 0.15) is 5.52 Å². The predicted octanol–water partition coefficient (Wildman–Crippen LogP) is 3.07. The smallest absolute Gasteiger partial charge is 0.313 e. The zero-order chi connectivity index (χ0) is 9.42. The summed E-state index contributed by atoms with van der Waals surface area (Å²) in [4.78, 5) is 3.66. The van der Waals surface area contributed by atoms with Gasteiger partial charge in [0, 0.05) is 0 Å². The Morgan fingerprint density at radius 1 is 1.38 bits per heavy atom. The third kappa shape index (κ3) is 1.39. The second-order valence-electron chi connectivity index (χ2n) is 2.82. The molecule has 0 bridgehead atoms. The zero-order valence-corrected chi connectivity index (χ0v) is 6.92. The highest BCUT2D eigenvalue weighted by Gasteiger charge is 2.14. The number of benzene rings is 1. The van der Waals surface area contributed by atoms with E-state index in [2.05, 4.69) is 4.98 Å². The van der Waals surface area contributed by atoms with Gasteiger partial charge >= 0.3 is 6.43 Å². The van der Waals surface area contributed by atoms with Crippen LogP contribution in [0.2, 0.25) is 0 Å². The first kappa shape index (κ1) is 8.16. The summed E-state index contributed by atoms with van der Waals surface area (Å²) >= 11 is 0. The van der Waals surface area contributed by atoms with Gasteiger partial charge in [-0.25, -0.2) is 4.98 Å². The van der Waals surface area contributed by atoms with E-state index in [0.717, 1.165) is 5.56 Å². The van der Waals surface area contributed by atoms with E-state index >= 15 is 0 Å². The Morgan fingerprint density at radius 2 is 2.15 bits per heavy atom. The summed E-state index contributed by atoms with van der Waals surface area (Å²) in [5, 5.41) is 0. The van der Waals surface area contributed by atoms with Crippen molar-refractivity contribution in [2.75, 3.05) is 0 Å². The van der Waals surface area contributed by atoms with Crippen LogP contribution in [0, 0.1) is 6.92 Å². The van der Waals surface area contributed by atoms with E-state index in [4.69, 9.17) is 4.42 Å². The molecule has 0 amide bonds. The number of aromatic nitrogens is 1. The zero-order valence-electron chi connectivity index (χ0n) is 6.92. The molecule has 2 aromatic rings. The van der Waals surface area contributed by atoms with E-state index in [1.54, 1.807) is 18.2 Å². The fourth-order valence-electron chi connectivity index (χ4n) is 1.15. The number of halogens is 2. The van der Waals surface area contributed by atoms with Crippen LogP contribution in [0.5, 0.6) is 0 Å². The molecule has 68 valence electrons. The average molecular weight is 183 g/mol. The van der Waals surface area contributed by atoms with Gasteiger partial charge < -0.3 is 4.42 Å². The first-order valence-electron chi connectivity index (χ1n) is 3.82. The fourth-order valence-corrected chi connectivity index (χ4v) is 1.15. The summed E-state index contributed by atoms with van der Waals surface area (Å²) in [5.41, 5.74) is 1.86. The highest BCUT2D eigenvalue weighted by Crippen LogP contribution is 2.23. The van der Waals surface area contributed by atoms with E-state index in [9.17, 15) is 8.78 Å². The van der Waals surface area contributed by atoms with Crippen LogP contribution in [-0.4, -0.2) is 4.98 Å². The average Bonchev–Trinajstić information content (AvgIpc) is 2.46. The molecule has 0 aliphatic rings. The van der Waals surface area contributed by atoms with Crippen LogP contribution in [0.1, 0.15) is 17.9 Å². The molecule has 1 aromatic heterocycles. The molecule has 0 saturated heterocycles. The van der Waals surface area contributed by atoms with Gasteiger partial charge in [0.05, 0.1) is 0 Å². The molecule has 0 atom stereocenters. The molecule has 2 nitrogen and oxygen atoms in total. The molecule has 4 heteroatoms. The molecule has 0 N–H and O–H groups in total. The van der Waals surface area contributed by atoms with Gasteiger partial charge in [0.15, 0.2) is 5.58 Å². The summed E-state index contributed by atoms with van der Waals surface area (Å²) in [6.07, 6.45) is -2.65. The Labute approximate surface area is 73.2 Å². The monoisotopic (exact) mass is 183 g/mol. The maximum atomic E-state index is 12.1. The second kappa shape index (κ2) is 2.80. The van der Waals surface area contributed by atoms with Crippen molar-refractivity contribution < 1.29 is 13.2 Å². The number of oxazole rings is 1. The molecular formula is C9H7F2NO. The van der Waals surface area contributed by atoms with Crippen molar-refractivity contribution in [3.05, 3.63) is 29.7 Å². The second-order valence-corrected chi connectivity index (χ2v) is 2.82. The van der Waals surface area contributed by atoms with Gasteiger partial charge in [0.2, 0.25) is 0 Å². The van der Waals surface area contributed by atoms with Gasteiger partial charge in [-0.1, -0.05) is 6.07 Å². The molecule has 2 rings (SSSR count). The number of hydrogen-bond donors (Lipinski definition) is 0. The summed E-state index contributed by atoms with van der Waals surface area (Å²) in [6, 6.07) is 5.15. The van der Waals surface area contributed by atoms with Crippen LogP contribution >= 0.6 is 0 Å². The summed E-state index contributed by atoms with van der Waals surface area (Å²) in [5.74, 6) is -0.513. The van der Waals surface area contributed by atoms with Crippen LogP contribution in [0.3, 0.4) is 0 Å². The van der Waals surface area contributed by atoms with Crippen molar-refractivity contribution in [1.29, 1.82) is 0 Å². The van der Waals surface area contributed by atoms with Crippen molar-refractivity contribution in [1.82, 2.24) is 4.98 Å². The minimum Gasteiger partial charge on any atom is -0.435 e. The summed E-state index contributed by atoms with van der Waals surface area (Å²) in [7, 11) is 0. The largest absolute Gasteiger partial charge is 0.435 e. The lowest BCUT2D eigenvalue weighted by Gasteiger charge is -1.87. The van der Waals surface area contributed by atoms with E-state index in [1.807, 2.05) is 6.92 Å². The van der Waals surface area contributed by atoms with Crippen LogP contribution in [0.25, 0.3) is 11.1 Å². The highest BCUT2D eigenvalue weighted by molar-refractivity contribution is 5.73. The molecular weight excluding hydrogens is 176 g/mol. The Bertz CT molecular complexity index is 436. The number of fused-ring (bicyclic) bond motifs is 1. The Hall–Kier alpha value is -1.45. The predicted molar refractivity (Wildman–Crippen MR) is 43.7 cm³/mol. The molecule has 0 saturated carbocycles. The van der Waals surface area contributed by atoms with Gasteiger partial charge in [-0.05, 0) is 24.6 Å². The Balaban J connectivity index is 2.62. The Kier molecular flexibility index (Phi) is 1.76. The van der Waals surface area contributed by atoms with E-state index in [-0.39, 0.29) is 0 Å². The van der Waals surface area contributed by atoms with Gasteiger partial charge in [-0.3, -0.25) is 0 Å². The third-order valence-electron chi connectivity index (χ3n) is 1.75. The third-order valence-corrected chi connectivity index (χ3v) is 1.75. The minimum atomic E-state index is -2.65. The molecule has 0 fully saturated rings. The molecule has 0 aliphatic carbocycles. The number of alkyl halides is 2. The van der Waals surface area contributed by atoms with Crippen molar-refractivity contribution in [3.8, 4) is 0 Å². The number of hydrogen-bond acceptors (Lipinski definition) is 2. The van der Waals surface area contributed by atoms with Crippen LogP contribution in [0.15, 0.2) is 22.6 Å². The normalized spacial score (nSPS) is 11.4. The molecule has 0 spiro atoms. The quantitative estimate of drug-likeness (QED) is 0.679. The van der Waals surface area contributed by atoms with Crippen LogP contribution < -0.4 is 0 Å². The van der Waals surface area contributed by atoms with Gasteiger partial charge in [-0.2, -0.15) is 8.78 Å². The lowest BCUT2D eigenvalue weighted by molar-refractivity contribution is 0.117. The first-order chi connectivity index (χ1) is 6.16. The minimum absolute atomic E-state index is 0.404. The van der Waals surface area contributed by atoms with Crippen molar-refractivity contribution in [2.24, 2.45) is 0 Å². The maximum absolute atomic E-state index is 12.1. The van der Waals surface area contributed by atoms with Crippen LogP contribution in [0.4, 0.5) is 8.78 Å². The number of aryl methyl sites for hydroxylation is 1. The van der Waals surface area contributed by atoms with E-state index in [0.29, 0.717) is 11.1 Å². The molecule has 1 aromatic carbocycles. The topological polar surface area (TPSA) is 26.0 Å². The molecule has 1 heterocycles. The lowest BCUT2D eigenvalue weighted by atomic mass is 10.2. The molecule has 0 radical (unpaired) electrons. The standard InChI is InChI=1S/C9H7F2NO/c1-5-2-3-7-6(4-5)12-9(13-7)8(10)11/h2-4,8H,1H3. The van der Waals surface area contributed by atoms with Crippen molar-refractivity contribution >= 4 is 11.1 Å². The van der Waals surface area contributed by atoms with Crippen molar-refractivity contribution in [2.45, 2.75) is 13.3 Å². The summed E-state index contributed by atoms with van der Waals surface area (Å²) < 4.78 is 29.1. The summed E-state index contributed by atoms with van der Waals surface area (Å²) in [6.45, 7) is 1.87. The molecule has 0 unspecified atom stereocenters. The van der Waals surface area contributed by atoms with Gasteiger partial charge in [-0.15, -0.1) is 0 Å². The van der Waals surface area contributed by atoms with Crippen LogP contribution in [-0.2, 0) is 0 Å². The van der Waals surface area contributed by atoms with Gasteiger partial charge in [0.25, 0.3) is 5.89 Å². The number of rotatable bonds is 1. The van der Waals surface area contributed by atoms with E-state index in [1.165, 1.54) is 0 Å². The molecule has 13 heavy (non-hydrogen) atoms. The maximum Gasteiger partial charge on any atom is 0.313 e. The Morgan fingerprint density at radius 3 is 2.85 bits per heavy atom. The SMILES string of the molecule is Cc1ccc2oc(C(F)F)nc2c1. The lowest BCUT2D eigenvalue weighted by Crippen LogP contribution is -1.80. The first-order valence-corrected chi connectivity index (χ1v) is 3.82.